The predicted octanol–water partition coefficient (Wildman–Crippen LogP) is 16.6. The molecule has 3 nitrogen and oxygen atoms in total. The van der Waals surface area contributed by atoms with Crippen molar-refractivity contribution in [2.75, 3.05) is 0 Å². The number of aromatic nitrogens is 2. The van der Waals surface area contributed by atoms with Crippen LogP contribution in [0.1, 0.15) is 44.5 Å². The van der Waals surface area contributed by atoms with Crippen LogP contribution in [0.25, 0.3) is 99.5 Å². The van der Waals surface area contributed by atoms with Gasteiger partial charge in [-0.3, -0.25) is 0 Å². The van der Waals surface area contributed by atoms with Gasteiger partial charge in [-0.1, -0.05) is 155 Å². The molecule has 0 saturated heterocycles. The predicted molar refractivity (Wildman–Crippen MR) is 275 cm³/mol. The molecular formula is C62H49N3. The summed E-state index contributed by atoms with van der Waals surface area (Å²) in [6.45, 7) is 15.2. The van der Waals surface area contributed by atoms with Gasteiger partial charge in [0.2, 0.25) is 0 Å². The van der Waals surface area contributed by atoms with Crippen LogP contribution in [0.5, 0.6) is 0 Å². The monoisotopic (exact) mass is 835 g/mol. The molecule has 0 aliphatic heterocycles. The molecule has 0 radical (unpaired) electrons. The summed E-state index contributed by atoms with van der Waals surface area (Å²) in [6, 6.07) is 65.2. The van der Waals surface area contributed by atoms with Gasteiger partial charge in [-0.25, -0.2) is 0 Å². The van der Waals surface area contributed by atoms with E-state index in [-0.39, 0.29) is 0 Å². The van der Waals surface area contributed by atoms with Crippen molar-refractivity contribution in [2.45, 2.75) is 48.5 Å². The van der Waals surface area contributed by atoms with E-state index in [1.165, 1.54) is 44.2 Å². The lowest BCUT2D eigenvalue weighted by Crippen LogP contribution is -2.11. The van der Waals surface area contributed by atoms with Crippen LogP contribution in [0.15, 0.2) is 170 Å². The van der Waals surface area contributed by atoms with Crippen molar-refractivity contribution in [1.82, 2.24) is 9.13 Å². The Hall–Kier alpha value is -7.93. The molecule has 0 bridgehead atoms. The molecule has 0 saturated carbocycles. The van der Waals surface area contributed by atoms with E-state index >= 15 is 0 Å². The first kappa shape index (κ1) is 39.9. The lowest BCUT2D eigenvalue weighted by Gasteiger charge is -2.28. The minimum Gasteiger partial charge on any atom is -0.308 e. The second-order valence-electron chi connectivity index (χ2n) is 18.1. The van der Waals surface area contributed by atoms with Crippen molar-refractivity contribution < 1.29 is 0 Å². The van der Waals surface area contributed by atoms with Gasteiger partial charge in [0.15, 0.2) is 0 Å². The van der Waals surface area contributed by atoms with Crippen LogP contribution in [0.2, 0.25) is 0 Å². The summed E-state index contributed by atoms with van der Waals surface area (Å²) in [7, 11) is 0. The van der Waals surface area contributed by atoms with E-state index < -0.39 is 0 Å². The molecule has 11 aromatic rings. The molecule has 0 fully saturated rings. The van der Waals surface area contributed by atoms with Crippen LogP contribution >= 0.6 is 0 Å². The maximum Gasteiger partial charge on any atom is 0.102 e. The SMILES string of the molecule is Cc1ccc(-c2ccccc2-c2c(C)c(-n3c4ccc(C)cc4c4cc(C)ccc43)c(-c3ccccc3-c3cccc(C)c3)c(-n3c4ccc(C)cc4c4cc(C)ccc43)c2C#N)cc1. The van der Waals surface area contributed by atoms with E-state index in [1.54, 1.807) is 0 Å². The van der Waals surface area contributed by atoms with Crippen molar-refractivity contribution in [3.05, 3.63) is 214 Å². The van der Waals surface area contributed by atoms with Crippen LogP contribution in [0, 0.1) is 59.8 Å². The molecule has 9 aromatic carbocycles. The molecule has 0 amide bonds. The van der Waals surface area contributed by atoms with E-state index in [4.69, 9.17) is 0 Å². The largest absolute Gasteiger partial charge is 0.308 e. The topological polar surface area (TPSA) is 33.6 Å². The molecule has 0 aliphatic rings. The van der Waals surface area contributed by atoms with Gasteiger partial charge >= 0.3 is 0 Å². The summed E-state index contributed by atoms with van der Waals surface area (Å²) in [4.78, 5) is 0. The molecule has 0 N–H and O–H groups in total. The van der Waals surface area contributed by atoms with Gasteiger partial charge in [-0.2, -0.15) is 5.26 Å². The minimum absolute atomic E-state index is 0.632. The van der Waals surface area contributed by atoms with E-state index in [9.17, 15) is 5.26 Å². The summed E-state index contributed by atoms with van der Waals surface area (Å²) in [5.41, 5.74) is 23.6. The zero-order chi connectivity index (χ0) is 44.7. The minimum atomic E-state index is 0.632. The maximum atomic E-state index is 12.2. The van der Waals surface area contributed by atoms with Crippen molar-refractivity contribution in [3.63, 3.8) is 0 Å². The Morgan fingerprint density at radius 2 is 0.738 bits per heavy atom. The summed E-state index contributed by atoms with van der Waals surface area (Å²) in [5.74, 6) is 0. The number of fused-ring (bicyclic) bond motifs is 6. The molecule has 2 aromatic heterocycles. The third-order valence-corrected chi connectivity index (χ3v) is 13.5. The van der Waals surface area contributed by atoms with Crippen LogP contribution in [0.3, 0.4) is 0 Å². The Bertz CT molecular complexity index is 3670. The van der Waals surface area contributed by atoms with E-state index in [0.717, 1.165) is 94.3 Å². The van der Waals surface area contributed by atoms with Crippen LogP contribution in [0.4, 0.5) is 0 Å². The van der Waals surface area contributed by atoms with Crippen LogP contribution in [-0.2, 0) is 0 Å². The smallest absolute Gasteiger partial charge is 0.102 e. The average molecular weight is 836 g/mol. The maximum absolute atomic E-state index is 12.2. The van der Waals surface area contributed by atoms with Gasteiger partial charge < -0.3 is 9.13 Å². The fraction of sp³-hybridized carbons (Fsp3) is 0.113. The lowest BCUT2D eigenvalue weighted by molar-refractivity contribution is 1.11. The lowest BCUT2D eigenvalue weighted by atomic mass is 9.82. The Morgan fingerprint density at radius 3 is 1.20 bits per heavy atom. The second kappa shape index (κ2) is 15.4. The first-order valence-corrected chi connectivity index (χ1v) is 22.6. The zero-order valence-corrected chi connectivity index (χ0v) is 38.0. The van der Waals surface area contributed by atoms with Gasteiger partial charge in [0.25, 0.3) is 0 Å². The van der Waals surface area contributed by atoms with Crippen molar-refractivity contribution in [3.8, 4) is 62.0 Å². The highest BCUT2D eigenvalue weighted by molar-refractivity contribution is 6.14. The number of benzene rings is 9. The standard InChI is InChI=1S/C62H49N3/c1-37-19-25-44(26-20-37)46-15-8-10-17-48(46)59-43(7)61(64-55-27-21-39(3)32-50(55)51-33-40(4)22-28-56(51)64)60(49-18-11-9-16-47(49)45-14-12-13-38(2)31-45)62(54(59)36-63)65-57-29-23-41(5)34-52(57)53-35-42(6)24-30-58(53)65/h8-35H,1-7H3. The Kier molecular flexibility index (Phi) is 9.45. The number of nitriles is 1. The number of hydrogen-bond donors (Lipinski definition) is 0. The highest BCUT2D eigenvalue weighted by Gasteiger charge is 2.32. The van der Waals surface area contributed by atoms with Gasteiger partial charge in [-0.15, -0.1) is 0 Å². The summed E-state index contributed by atoms with van der Waals surface area (Å²) < 4.78 is 4.92. The molecule has 3 heteroatoms. The van der Waals surface area contributed by atoms with E-state index in [2.05, 4.69) is 234 Å². The van der Waals surface area contributed by atoms with Gasteiger partial charge in [0.05, 0.1) is 39.0 Å². The number of aryl methyl sites for hydroxylation is 6. The van der Waals surface area contributed by atoms with Gasteiger partial charge in [0, 0.05) is 32.7 Å². The fourth-order valence-corrected chi connectivity index (χ4v) is 10.5. The number of rotatable bonds is 6. The highest BCUT2D eigenvalue weighted by Crippen LogP contribution is 2.51. The van der Waals surface area contributed by atoms with Crippen molar-refractivity contribution in [2.24, 2.45) is 0 Å². The molecular weight excluding hydrogens is 787 g/mol. The average Bonchev–Trinajstić information content (AvgIpc) is 3.79. The number of nitrogens with zero attached hydrogens (tertiary/aromatic N) is 3. The van der Waals surface area contributed by atoms with E-state index in [0.29, 0.717) is 5.56 Å². The molecule has 312 valence electrons. The highest BCUT2D eigenvalue weighted by atomic mass is 15.0. The normalized spacial score (nSPS) is 11.6. The Morgan fingerprint density at radius 1 is 0.338 bits per heavy atom. The first-order chi connectivity index (χ1) is 31.6. The van der Waals surface area contributed by atoms with Crippen molar-refractivity contribution in [1.29, 1.82) is 5.26 Å². The molecule has 65 heavy (non-hydrogen) atoms. The molecule has 0 unspecified atom stereocenters. The van der Waals surface area contributed by atoms with Gasteiger partial charge in [-0.05, 0) is 136 Å². The zero-order valence-electron chi connectivity index (χ0n) is 38.0. The Balaban J connectivity index is 1.45. The molecule has 0 aliphatic carbocycles. The molecule has 11 rings (SSSR count). The summed E-state index contributed by atoms with van der Waals surface area (Å²) in [5, 5.41) is 16.9. The third-order valence-electron chi connectivity index (χ3n) is 13.5. The molecule has 0 atom stereocenters. The second-order valence-corrected chi connectivity index (χ2v) is 18.1. The van der Waals surface area contributed by atoms with Gasteiger partial charge in [0.1, 0.15) is 6.07 Å². The van der Waals surface area contributed by atoms with E-state index in [1.807, 2.05) is 0 Å². The third kappa shape index (κ3) is 6.40. The quantitative estimate of drug-likeness (QED) is 0.164. The number of hydrogen-bond acceptors (Lipinski definition) is 1. The first-order valence-electron chi connectivity index (χ1n) is 22.6. The summed E-state index contributed by atoms with van der Waals surface area (Å²) in [6.07, 6.45) is 0. The van der Waals surface area contributed by atoms with Crippen molar-refractivity contribution >= 4 is 43.6 Å². The summed E-state index contributed by atoms with van der Waals surface area (Å²) >= 11 is 0. The Labute approximate surface area is 381 Å². The molecule has 0 spiro atoms. The van der Waals surface area contributed by atoms with Crippen LogP contribution in [-0.4, -0.2) is 9.13 Å². The fourth-order valence-electron chi connectivity index (χ4n) is 10.5. The molecule has 2 heterocycles. The van der Waals surface area contributed by atoms with Crippen LogP contribution < -0.4 is 0 Å².